The van der Waals surface area contributed by atoms with Crippen molar-refractivity contribution in [3.63, 3.8) is 0 Å². The highest BCUT2D eigenvalue weighted by atomic mass is 19.1. The van der Waals surface area contributed by atoms with E-state index >= 15 is 0 Å². The molecule has 2 rings (SSSR count). The lowest BCUT2D eigenvalue weighted by molar-refractivity contribution is 0.0949. The molecule has 0 aliphatic heterocycles. The molecule has 1 amide bonds. The molecule has 0 bridgehead atoms. The fourth-order valence-electron chi connectivity index (χ4n) is 1.53. The average Bonchev–Trinajstić information content (AvgIpc) is 2.77. The van der Waals surface area contributed by atoms with Crippen LogP contribution in [0.15, 0.2) is 30.6 Å². The van der Waals surface area contributed by atoms with Gasteiger partial charge in [0.05, 0.1) is 6.54 Å². The number of imidazole rings is 1. The molecule has 0 aliphatic rings. The Morgan fingerprint density at radius 2 is 2.29 bits per heavy atom. The molecule has 0 unspecified atom stereocenters. The summed E-state index contributed by atoms with van der Waals surface area (Å²) in [6.45, 7) is 2.04. The van der Waals surface area contributed by atoms with E-state index in [0.29, 0.717) is 23.5 Å². The Morgan fingerprint density at radius 1 is 1.47 bits per heavy atom. The Balaban J connectivity index is 2.04. The van der Waals surface area contributed by atoms with Gasteiger partial charge in [0.25, 0.3) is 5.91 Å². The third-order valence-corrected chi connectivity index (χ3v) is 2.28. The first-order chi connectivity index (χ1) is 8.15. The summed E-state index contributed by atoms with van der Waals surface area (Å²) in [5.41, 5.74) is 1.03. The van der Waals surface area contributed by atoms with Crippen LogP contribution in [-0.2, 0) is 6.54 Å². The van der Waals surface area contributed by atoms with Crippen LogP contribution >= 0.6 is 0 Å². The molecular formula is C12H12FN3O. The van der Waals surface area contributed by atoms with Gasteiger partial charge in [0.15, 0.2) is 0 Å². The van der Waals surface area contributed by atoms with Crippen molar-refractivity contribution in [2.24, 2.45) is 0 Å². The minimum absolute atomic E-state index is 0.293. The molecular weight excluding hydrogens is 221 g/mol. The van der Waals surface area contributed by atoms with Gasteiger partial charge in [-0.05, 0) is 30.7 Å². The number of amides is 1. The van der Waals surface area contributed by atoms with Gasteiger partial charge in [-0.1, -0.05) is 0 Å². The lowest BCUT2D eigenvalue weighted by atomic mass is 10.1. The molecule has 0 saturated carbocycles. The highest BCUT2D eigenvalue weighted by molar-refractivity contribution is 5.94. The number of aromatic nitrogens is 2. The Bertz CT molecular complexity index is 502. The summed E-state index contributed by atoms with van der Waals surface area (Å²) >= 11 is 0. The Kier molecular flexibility index (Phi) is 3.18. The molecule has 1 aromatic heterocycles. The second kappa shape index (κ2) is 4.78. The second-order valence-corrected chi connectivity index (χ2v) is 3.74. The van der Waals surface area contributed by atoms with Gasteiger partial charge in [0, 0.05) is 18.0 Å². The van der Waals surface area contributed by atoms with Gasteiger partial charge >= 0.3 is 0 Å². The number of rotatable bonds is 3. The molecule has 2 aromatic rings. The molecule has 0 fully saturated rings. The van der Waals surface area contributed by atoms with E-state index in [4.69, 9.17) is 0 Å². The van der Waals surface area contributed by atoms with Crippen LogP contribution in [0.25, 0.3) is 0 Å². The van der Waals surface area contributed by atoms with Crippen LogP contribution in [0.5, 0.6) is 0 Å². The van der Waals surface area contributed by atoms with Crippen LogP contribution in [0.1, 0.15) is 21.7 Å². The number of nitrogens with one attached hydrogen (secondary N) is 2. The van der Waals surface area contributed by atoms with Gasteiger partial charge in [-0.2, -0.15) is 0 Å². The standard InChI is InChI=1S/C12H12FN3O/c1-8-4-9(6-10(13)5-8)12(17)16-7-11-14-2-3-15-11/h2-6H,7H2,1H3,(H,14,15)(H,16,17). The van der Waals surface area contributed by atoms with E-state index in [0.717, 1.165) is 0 Å². The number of nitrogens with zero attached hydrogens (tertiary/aromatic N) is 1. The molecule has 0 radical (unpaired) electrons. The predicted molar refractivity (Wildman–Crippen MR) is 60.9 cm³/mol. The van der Waals surface area contributed by atoms with Crippen molar-refractivity contribution in [3.05, 3.63) is 53.4 Å². The Labute approximate surface area is 97.9 Å². The van der Waals surface area contributed by atoms with Gasteiger partial charge in [-0.3, -0.25) is 4.79 Å². The highest BCUT2D eigenvalue weighted by Crippen LogP contribution is 2.08. The zero-order valence-electron chi connectivity index (χ0n) is 9.33. The van der Waals surface area contributed by atoms with Crippen LogP contribution < -0.4 is 5.32 Å². The van der Waals surface area contributed by atoms with E-state index in [1.165, 1.54) is 12.1 Å². The van der Waals surface area contributed by atoms with E-state index in [-0.39, 0.29) is 5.91 Å². The SMILES string of the molecule is Cc1cc(F)cc(C(=O)NCc2ncc[nH]2)c1. The van der Waals surface area contributed by atoms with Gasteiger partial charge in [0.1, 0.15) is 11.6 Å². The summed E-state index contributed by atoms with van der Waals surface area (Å²) in [5, 5.41) is 2.66. The number of H-pyrrole nitrogens is 1. The zero-order valence-corrected chi connectivity index (χ0v) is 9.33. The van der Waals surface area contributed by atoms with E-state index in [2.05, 4.69) is 15.3 Å². The fraction of sp³-hybridized carbons (Fsp3) is 0.167. The molecule has 5 heteroatoms. The van der Waals surface area contributed by atoms with Gasteiger partial charge in [-0.25, -0.2) is 9.37 Å². The zero-order chi connectivity index (χ0) is 12.3. The average molecular weight is 233 g/mol. The Morgan fingerprint density at radius 3 is 2.94 bits per heavy atom. The second-order valence-electron chi connectivity index (χ2n) is 3.74. The highest BCUT2D eigenvalue weighted by Gasteiger charge is 2.07. The number of carbonyl (C=O) groups is 1. The molecule has 0 atom stereocenters. The fourth-order valence-corrected chi connectivity index (χ4v) is 1.53. The van der Waals surface area contributed by atoms with Crippen molar-refractivity contribution >= 4 is 5.91 Å². The van der Waals surface area contributed by atoms with Crippen molar-refractivity contribution in [2.45, 2.75) is 13.5 Å². The van der Waals surface area contributed by atoms with Gasteiger partial charge < -0.3 is 10.3 Å². The summed E-state index contributed by atoms with van der Waals surface area (Å²) in [7, 11) is 0. The summed E-state index contributed by atoms with van der Waals surface area (Å²) in [6, 6.07) is 4.23. The smallest absolute Gasteiger partial charge is 0.251 e. The largest absolute Gasteiger partial charge is 0.347 e. The maximum atomic E-state index is 13.1. The number of halogens is 1. The van der Waals surface area contributed by atoms with Crippen molar-refractivity contribution in [1.82, 2.24) is 15.3 Å². The van der Waals surface area contributed by atoms with Crippen molar-refractivity contribution in [3.8, 4) is 0 Å². The molecule has 0 aliphatic carbocycles. The number of aromatic amines is 1. The number of hydrogen-bond donors (Lipinski definition) is 2. The first-order valence-electron chi connectivity index (χ1n) is 5.19. The molecule has 4 nitrogen and oxygen atoms in total. The van der Waals surface area contributed by atoms with Crippen LogP contribution in [-0.4, -0.2) is 15.9 Å². The lowest BCUT2D eigenvalue weighted by Gasteiger charge is -2.04. The third-order valence-electron chi connectivity index (χ3n) is 2.28. The molecule has 1 heterocycles. The third kappa shape index (κ3) is 2.90. The number of carbonyl (C=O) groups excluding carboxylic acids is 1. The van der Waals surface area contributed by atoms with Crippen molar-refractivity contribution in [1.29, 1.82) is 0 Å². The lowest BCUT2D eigenvalue weighted by Crippen LogP contribution is -2.23. The number of benzene rings is 1. The first-order valence-corrected chi connectivity index (χ1v) is 5.19. The minimum atomic E-state index is -0.409. The maximum Gasteiger partial charge on any atom is 0.251 e. The van der Waals surface area contributed by atoms with E-state index in [1.54, 1.807) is 25.4 Å². The van der Waals surface area contributed by atoms with Crippen molar-refractivity contribution < 1.29 is 9.18 Å². The monoisotopic (exact) mass is 233 g/mol. The topological polar surface area (TPSA) is 57.8 Å². The van der Waals surface area contributed by atoms with E-state index < -0.39 is 5.82 Å². The Hall–Kier alpha value is -2.17. The minimum Gasteiger partial charge on any atom is -0.347 e. The molecule has 0 spiro atoms. The molecule has 17 heavy (non-hydrogen) atoms. The van der Waals surface area contributed by atoms with E-state index in [9.17, 15) is 9.18 Å². The summed E-state index contributed by atoms with van der Waals surface area (Å²) in [5.74, 6) is -0.0661. The normalized spacial score (nSPS) is 10.2. The summed E-state index contributed by atoms with van der Waals surface area (Å²) in [4.78, 5) is 18.6. The molecule has 2 N–H and O–H groups in total. The molecule has 0 saturated heterocycles. The molecule has 1 aromatic carbocycles. The van der Waals surface area contributed by atoms with Crippen LogP contribution in [0, 0.1) is 12.7 Å². The van der Waals surface area contributed by atoms with Crippen LogP contribution in [0.4, 0.5) is 4.39 Å². The van der Waals surface area contributed by atoms with Gasteiger partial charge in [0.2, 0.25) is 0 Å². The maximum absolute atomic E-state index is 13.1. The molecule has 88 valence electrons. The van der Waals surface area contributed by atoms with E-state index in [1.807, 2.05) is 0 Å². The van der Waals surface area contributed by atoms with Crippen LogP contribution in [0.3, 0.4) is 0 Å². The predicted octanol–water partition coefficient (Wildman–Crippen LogP) is 1.79. The summed E-state index contributed by atoms with van der Waals surface area (Å²) in [6.07, 6.45) is 3.28. The number of hydrogen-bond acceptors (Lipinski definition) is 2. The first kappa shape index (κ1) is 11.3. The quantitative estimate of drug-likeness (QED) is 0.849. The number of aryl methyl sites for hydroxylation is 1. The van der Waals surface area contributed by atoms with Crippen molar-refractivity contribution in [2.75, 3.05) is 0 Å². The van der Waals surface area contributed by atoms with Gasteiger partial charge in [-0.15, -0.1) is 0 Å². The summed E-state index contributed by atoms with van der Waals surface area (Å²) < 4.78 is 13.1. The van der Waals surface area contributed by atoms with Crippen LogP contribution in [0.2, 0.25) is 0 Å².